The number of aromatic amines is 1. The summed E-state index contributed by atoms with van der Waals surface area (Å²) in [4.78, 5) is 19.8. The van der Waals surface area contributed by atoms with Crippen molar-refractivity contribution in [3.63, 3.8) is 0 Å². The molecule has 2 N–H and O–H groups in total. The van der Waals surface area contributed by atoms with Crippen LogP contribution in [0.3, 0.4) is 0 Å². The summed E-state index contributed by atoms with van der Waals surface area (Å²) in [6, 6.07) is 21.5. The number of hydrogen-bond donors (Lipinski definition) is 2. The molecule has 0 aliphatic carbocycles. The van der Waals surface area contributed by atoms with Crippen molar-refractivity contribution in [1.29, 1.82) is 0 Å². The number of carbonyl (C=O) groups excluding carboxylic acids is 1. The quantitative estimate of drug-likeness (QED) is 0.591. The van der Waals surface area contributed by atoms with Crippen LogP contribution in [0.25, 0.3) is 22.2 Å². The maximum Gasteiger partial charge on any atom is 0.251 e. The third-order valence-electron chi connectivity index (χ3n) is 4.21. The highest BCUT2D eigenvalue weighted by atomic mass is 16.1. The van der Waals surface area contributed by atoms with Crippen LogP contribution >= 0.6 is 0 Å². The van der Waals surface area contributed by atoms with Crippen molar-refractivity contribution in [1.82, 2.24) is 15.3 Å². The Bertz CT molecular complexity index is 1000. The molecule has 0 bridgehead atoms. The van der Waals surface area contributed by atoms with E-state index in [-0.39, 0.29) is 5.91 Å². The minimum absolute atomic E-state index is 0.0732. The number of amides is 1. The highest BCUT2D eigenvalue weighted by Crippen LogP contribution is 2.27. The van der Waals surface area contributed by atoms with Crippen molar-refractivity contribution in [3.8, 4) is 11.1 Å². The number of nitrogens with one attached hydrogen (secondary N) is 2. The summed E-state index contributed by atoms with van der Waals surface area (Å²) < 4.78 is 0. The van der Waals surface area contributed by atoms with Gasteiger partial charge in [-0.05, 0) is 35.4 Å². The Morgan fingerprint density at radius 2 is 1.76 bits per heavy atom. The van der Waals surface area contributed by atoms with E-state index in [2.05, 4.69) is 15.3 Å². The number of nitrogens with zero attached hydrogens (tertiary/aromatic N) is 1. The number of benzene rings is 2. The van der Waals surface area contributed by atoms with Crippen LogP contribution in [0.15, 0.2) is 79.1 Å². The number of hydrogen-bond acceptors (Lipinski definition) is 2. The van der Waals surface area contributed by atoms with Gasteiger partial charge in [0.2, 0.25) is 0 Å². The van der Waals surface area contributed by atoms with Crippen molar-refractivity contribution in [2.24, 2.45) is 0 Å². The van der Waals surface area contributed by atoms with E-state index in [9.17, 15) is 4.79 Å². The summed E-state index contributed by atoms with van der Waals surface area (Å²) >= 11 is 0. The van der Waals surface area contributed by atoms with Gasteiger partial charge in [0.05, 0.1) is 0 Å². The van der Waals surface area contributed by atoms with Gasteiger partial charge in [-0.15, -0.1) is 0 Å². The van der Waals surface area contributed by atoms with E-state index in [1.165, 1.54) is 0 Å². The first-order chi connectivity index (χ1) is 12.3. The molecule has 4 aromatic rings. The Hall–Kier alpha value is -3.40. The Balaban J connectivity index is 1.51. The first-order valence-corrected chi connectivity index (χ1v) is 8.16. The van der Waals surface area contributed by atoms with Crippen LogP contribution in [0.5, 0.6) is 0 Å². The van der Waals surface area contributed by atoms with Gasteiger partial charge in [-0.2, -0.15) is 0 Å². The third-order valence-corrected chi connectivity index (χ3v) is 4.21. The van der Waals surface area contributed by atoms with Gasteiger partial charge in [0.15, 0.2) is 0 Å². The molecule has 4 rings (SSSR count). The van der Waals surface area contributed by atoms with Gasteiger partial charge in [-0.25, -0.2) is 4.98 Å². The van der Waals surface area contributed by atoms with Crippen LogP contribution in [0.2, 0.25) is 0 Å². The first kappa shape index (κ1) is 15.1. The summed E-state index contributed by atoms with van der Waals surface area (Å²) in [5.41, 5.74) is 4.73. The molecule has 0 radical (unpaired) electrons. The monoisotopic (exact) mass is 327 g/mol. The molecule has 2 aromatic heterocycles. The molecule has 0 aliphatic rings. The fourth-order valence-corrected chi connectivity index (χ4v) is 2.88. The molecule has 0 fully saturated rings. The Morgan fingerprint density at radius 3 is 2.56 bits per heavy atom. The lowest BCUT2D eigenvalue weighted by Gasteiger charge is -2.06. The second-order valence-corrected chi connectivity index (χ2v) is 5.85. The zero-order valence-corrected chi connectivity index (χ0v) is 13.6. The zero-order valence-electron chi connectivity index (χ0n) is 13.6. The summed E-state index contributed by atoms with van der Waals surface area (Å²) in [6.45, 7) is 0.523. The SMILES string of the molecule is O=C(NCc1ccccc1)c1ccc(-c2c[nH]c3ncccc23)cc1. The highest BCUT2D eigenvalue weighted by molar-refractivity contribution is 5.96. The molecule has 0 saturated carbocycles. The third kappa shape index (κ3) is 3.15. The molecule has 0 atom stereocenters. The summed E-state index contributed by atoms with van der Waals surface area (Å²) in [5.74, 6) is -0.0732. The van der Waals surface area contributed by atoms with E-state index in [4.69, 9.17) is 0 Å². The van der Waals surface area contributed by atoms with Crippen LogP contribution in [-0.4, -0.2) is 15.9 Å². The van der Waals surface area contributed by atoms with E-state index >= 15 is 0 Å². The molecule has 4 nitrogen and oxygen atoms in total. The number of rotatable bonds is 4. The highest BCUT2D eigenvalue weighted by Gasteiger charge is 2.09. The molecule has 0 aliphatic heterocycles. The maximum atomic E-state index is 12.3. The number of carbonyl (C=O) groups is 1. The van der Waals surface area contributed by atoms with Crippen molar-refractivity contribution >= 4 is 16.9 Å². The van der Waals surface area contributed by atoms with Gasteiger partial charge in [0.1, 0.15) is 5.65 Å². The summed E-state index contributed by atoms with van der Waals surface area (Å²) in [7, 11) is 0. The fraction of sp³-hybridized carbons (Fsp3) is 0.0476. The predicted molar refractivity (Wildman–Crippen MR) is 99.1 cm³/mol. The topological polar surface area (TPSA) is 57.8 Å². The Morgan fingerprint density at radius 1 is 0.960 bits per heavy atom. The average Bonchev–Trinajstić information content (AvgIpc) is 3.11. The Labute approximate surface area is 145 Å². The normalized spacial score (nSPS) is 10.7. The maximum absolute atomic E-state index is 12.3. The standard InChI is InChI=1S/C21H17N3O/c25-21(24-13-15-5-2-1-3-6-15)17-10-8-16(9-11-17)19-14-23-20-18(19)7-4-12-22-20/h1-12,14H,13H2,(H,22,23)(H,24,25). The zero-order chi connectivity index (χ0) is 17.1. The minimum Gasteiger partial charge on any atom is -0.348 e. The van der Waals surface area contributed by atoms with Gasteiger partial charge < -0.3 is 10.3 Å². The van der Waals surface area contributed by atoms with Crippen molar-refractivity contribution in [2.75, 3.05) is 0 Å². The minimum atomic E-state index is -0.0732. The molecular weight excluding hydrogens is 310 g/mol. The van der Waals surface area contributed by atoms with Crippen LogP contribution in [0.1, 0.15) is 15.9 Å². The molecule has 1 amide bonds. The van der Waals surface area contributed by atoms with Crippen molar-refractivity contribution in [3.05, 3.63) is 90.3 Å². The molecular formula is C21H17N3O. The number of pyridine rings is 1. The first-order valence-electron chi connectivity index (χ1n) is 8.16. The lowest BCUT2D eigenvalue weighted by Crippen LogP contribution is -2.22. The van der Waals surface area contributed by atoms with Gasteiger partial charge in [-0.1, -0.05) is 42.5 Å². The number of H-pyrrole nitrogens is 1. The van der Waals surface area contributed by atoms with E-state index in [0.29, 0.717) is 12.1 Å². The number of aromatic nitrogens is 2. The average molecular weight is 327 g/mol. The van der Waals surface area contributed by atoms with Crippen LogP contribution < -0.4 is 5.32 Å². The smallest absolute Gasteiger partial charge is 0.251 e. The Kier molecular flexibility index (Phi) is 4.01. The van der Waals surface area contributed by atoms with Crippen LogP contribution in [0, 0.1) is 0 Å². The van der Waals surface area contributed by atoms with E-state index in [1.54, 1.807) is 6.20 Å². The van der Waals surface area contributed by atoms with Gasteiger partial charge >= 0.3 is 0 Å². The van der Waals surface area contributed by atoms with E-state index in [1.807, 2.05) is 72.9 Å². The predicted octanol–water partition coefficient (Wildman–Crippen LogP) is 4.16. The largest absolute Gasteiger partial charge is 0.348 e. The second kappa shape index (κ2) is 6.61. The van der Waals surface area contributed by atoms with Gasteiger partial charge in [0.25, 0.3) is 5.91 Å². The molecule has 0 spiro atoms. The summed E-state index contributed by atoms with van der Waals surface area (Å²) in [6.07, 6.45) is 3.71. The molecule has 2 heterocycles. The van der Waals surface area contributed by atoms with Gasteiger partial charge in [-0.3, -0.25) is 4.79 Å². The lowest BCUT2D eigenvalue weighted by atomic mass is 10.0. The fourth-order valence-electron chi connectivity index (χ4n) is 2.88. The molecule has 25 heavy (non-hydrogen) atoms. The molecule has 122 valence electrons. The van der Waals surface area contributed by atoms with Crippen LogP contribution in [-0.2, 0) is 6.54 Å². The summed E-state index contributed by atoms with van der Waals surface area (Å²) in [5, 5.41) is 4.02. The molecule has 4 heteroatoms. The van der Waals surface area contributed by atoms with Crippen molar-refractivity contribution < 1.29 is 4.79 Å². The second-order valence-electron chi connectivity index (χ2n) is 5.85. The lowest BCUT2D eigenvalue weighted by molar-refractivity contribution is 0.0951. The van der Waals surface area contributed by atoms with Gasteiger partial charge in [0, 0.05) is 35.5 Å². The molecule has 0 unspecified atom stereocenters. The van der Waals surface area contributed by atoms with E-state index < -0.39 is 0 Å². The number of fused-ring (bicyclic) bond motifs is 1. The molecule has 0 saturated heterocycles. The van der Waals surface area contributed by atoms with E-state index in [0.717, 1.165) is 27.7 Å². The van der Waals surface area contributed by atoms with Crippen LogP contribution in [0.4, 0.5) is 0 Å². The molecule has 2 aromatic carbocycles. The van der Waals surface area contributed by atoms with Crippen molar-refractivity contribution in [2.45, 2.75) is 6.54 Å².